The van der Waals surface area contributed by atoms with Gasteiger partial charge in [-0.2, -0.15) is 0 Å². The standard InChI is InChI=1S/C13H29O5P.C9H20ClO4P.C5H12ClO4P.C5H13O5P.C4H10O/c1-11(2,3)15-10-16-19(14,17-12(4,5)6)18-13(7,8)9;1-8(2,3)13-15(11,12-7-10)14-9(4,5)6;1-3-8-11(7,9-4-2)10-5-6;1-5(2,3)9-4-10-11(6,7)8;1-4(2,3)5/h10H2,1-9H3;7H2,1-6H3;3-5H2,1-2H3;4H2,1-3H3,(H2,6,7,8);5H,1-3H3. The van der Waals surface area contributed by atoms with Gasteiger partial charge in [-0.1, -0.05) is 23.2 Å². The predicted molar refractivity (Wildman–Crippen MR) is 241 cm³/mol. The van der Waals surface area contributed by atoms with Gasteiger partial charge in [-0.05, 0) is 159 Å². The second-order valence-corrected chi connectivity index (χ2v) is 25.5. The minimum atomic E-state index is -4.38. The summed E-state index contributed by atoms with van der Waals surface area (Å²) in [6.45, 7) is 40.9. The summed E-state index contributed by atoms with van der Waals surface area (Å²) in [5.41, 5.74) is -3.84. The van der Waals surface area contributed by atoms with Gasteiger partial charge in [0.1, 0.15) is 12.1 Å². The molecule has 0 bridgehead atoms. The molecule has 0 aromatic rings. The molecule has 376 valence electrons. The molecule has 0 spiro atoms. The van der Waals surface area contributed by atoms with E-state index in [0.29, 0.717) is 0 Å². The summed E-state index contributed by atoms with van der Waals surface area (Å²) in [5, 5.41) is 8.52. The summed E-state index contributed by atoms with van der Waals surface area (Å²) in [7, 11) is -15.0. The summed E-state index contributed by atoms with van der Waals surface area (Å²) in [5.74, 6) is 0. The Kier molecular flexibility index (Phi) is 35.2. The number of alkyl halides is 2. The highest BCUT2D eigenvalue weighted by atomic mass is 35.5. The normalized spacial score (nSPS) is 13.7. The molecule has 0 aliphatic carbocycles. The number of ether oxygens (including phenoxy) is 2. The minimum Gasteiger partial charge on any atom is -0.391 e. The van der Waals surface area contributed by atoms with E-state index in [9.17, 15) is 18.3 Å². The smallest absolute Gasteiger partial charge is 0.391 e. The number of hydrogen-bond donors (Lipinski definition) is 3. The number of hydrogen-bond acceptors (Lipinski definition) is 17. The molecule has 0 unspecified atom stereocenters. The molecule has 0 aliphatic rings. The Labute approximate surface area is 378 Å². The third-order valence-electron chi connectivity index (χ3n) is 3.95. The predicted octanol–water partition coefficient (Wildman–Crippen LogP) is 12.5. The van der Waals surface area contributed by atoms with Crippen LogP contribution in [-0.4, -0.2) is 93.0 Å². The van der Waals surface area contributed by atoms with Gasteiger partial charge in [0, 0.05) is 0 Å². The van der Waals surface area contributed by atoms with E-state index in [0.717, 1.165) is 0 Å². The van der Waals surface area contributed by atoms with Crippen LogP contribution in [0.3, 0.4) is 0 Å². The molecule has 0 aliphatic heterocycles. The molecule has 19 nitrogen and oxygen atoms in total. The Morgan fingerprint density at radius 3 is 0.820 bits per heavy atom. The fourth-order valence-electron chi connectivity index (χ4n) is 2.57. The molecule has 0 saturated carbocycles. The maximum absolute atomic E-state index is 12.6. The van der Waals surface area contributed by atoms with E-state index in [2.05, 4.69) is 9.05 Å². The largest absolute Gasteiger partial charge is 0.477 e. The Hall–Kier alpha value is 0.900. The van der Waals surface area contributed by atoms with Gasteiger partial charge in [0.25, 0.3) is 0 Å². The van der Waals surface area contributed by atoms with Crippen molar-refractivity contribution in [1.82, 2.24) is 0 Å². The second kappa shape index (κ2) is 30.3. The van der Waals surface area contributed by atoms with Crippen LogP contribution in [0, 0.1) is 0 Å². The zero-order valence-corrected chi connectivity index (χ0v) is 46.3. The lowest BCUT2D eigenvalue weighted by Gasteiger charge is -2.31. The lowest BCUT2D eigenvalue weighted by atomic mass is 10.2. The lowest BCUT2D eigenvalue weighted by molar-refractivity contribution is -0.100. The van der Waals surface area contributed by atoms with Gasteiger partial charge in [-0.15, -0.1) is 0 Å². The fourth-order valence-corrected chi connectivity index (χ4v) is 7.72. The van der Waals surface area contributed by atoms with Crippen LogP contribution >= 0.6 is 54.5 Å². The van der Waals surface area contributed by atoms with Crippen LogP contribution in [0.4, 0.5) is 0 Å². The van der Waals surface area contributed by atoms with Crippen LogP contribution in [0.2, 0.25) is 0 Å². The molecular formula is C36H84Cl2O19P4. The van der Waals surface area contributed by atoms with Crippen LogP contribution < -0.4 is 0 Å². The van der Waals surface area contributed by atoms with E-state index < -0.39 is 71.7 Å². The van der Waals surface area contributed by atoms with Crippen LogP contribution in [0.25, 0.3) is 0 Å². The van der Waals surface area contributed by atoms with Gasteiger partial charge in [-0.25, -0.2) is 18.3 Å². The van der Waals surface area contributed by atoms with Crippen LogP contribution in [-0.2, 0) is 73.0 Å². The van der Waals surface area contributed by atoms with Crippen LogP contribution in [0.5, 0.6) is 0 Å². The van der Waals surface area contributed by atoms with Gasteiger partial charge in [-0.3, -0.25) is 45.2 Å². The molecule has 0 radical (unpaired) electrons. The van der Waals surface area contributed by atoms with Gasteiger partial charge in [0.15, 0.2) is 13.6 Å². The fraction of sp³-hybridized carbons (Fsp3) is 1.00. The van der Waals surface area contributed by atoms with E-state index in [1.807, 2.05) is 20.8 Å². The average molecular weight is 1020 g/mol. The van der Waals surface area contributed by atoms with Crippen molar-refractivity contribution in [2.24, 2.45) is 0 Å². The summed E-state index contributed by atoms with van der Waals surface area (Å²) in [4.78, 5) is 16.4. The molecule has 25 heteroatoms. The van der Waals surface area contributed by atoms with Crippen molar-refractivity contribution in [3.05, 3.63) is 0 Å². The Morgan fingerprint density at radius 2 is 0.623 bits per heavy atom. The average Bonchev–Trinajstić information content (AvgIpc) is 2.87. The third-order valence-corrected chi connectivity index (χ3v) is 10.5. The minimum absolute atomic E-state index is 0.146. The zero-order chi connectivity index (χ0) is 50.2. The summed E-state index contributed by atoms with van der Waals surface area (Å²) in [6.07, 6.45) is 0. The maximum Gasteiger partial charge on any atom is 0.477 e. The van der Waals surface area contributed by atoms with E-state index in [1.54, 1.807) is 138 Å². The Morgan fingerprint density at radius 1 is 0.393 bits per heavy atom. The third kappa shape index (κ3) is 65.3. The molecular weight excluding hydrogens is 931 g/mol. The maximum atomic E-state index is 12.6. The van der Waals surface area contributed by atoms with Crippen molar-refractivity contribution >= 4 is 54.5 Å². The molecule has 0 heterocycles. The molecule has 61 heavy (non-hydrogen) atoms. The number of phosphoric acid groups is 4. The number of halogens is 2. The highest BCUT2D eigenvalue weighted by Gasteiger charge is 2.38. The number of aliphatic hydroxyl groups is 1. The van der Waals surface area contributed by atoms with E-state index in [-0.39, 0.29) is 37.7 Å². The van der Waals surface area contributed by atoms with Gasteiger partial charge in [0.05, 0.1) is 52.4 Å². The topological polar surface area (TPSA) is 240 Å². The molecule has 0 aromatic heterocycles. The molecule has 0 atom stereocenters. The lowest BCUT2D eigenvalue weighted by Crippen LogP contribution is -2.26. The molecule has 0 fully saturated rings. The Bertz CT molecular complexity index is 1250. The van der Waals surface area contributed by atoms with Crippen LogP contribution in [0.15, 0.2) is 0 Å². The Balaban J connectivity index is -0.000000225. The molecule has 0 aromatic carbocycles. The first-order valence-electron chi connectivity index (χ1n) is 19.2. The highest BCUT2D eigenvalue weighted by Crippen LogP contribution is 2.56. The quantitative estimate of drug-likeness (QED) is 0.0657. The summed E-state index contributed by atoms with van der Waals surface area (Å²) < 4.78 is 106. The van der Waals surface area contributed by atoms with E-state index >= 15 is 0 Å². The molecule has 0 saturated heterocycles. The number of rotatable bonds is 18. The van der Waals surface area contributed by atoms with Crippen molar-refractivity contribution in [2.45, 2.75) is 198 Å². The monoisotopic (exact) mass is 1010 g/mol. The van der Waals surface area contributed by atoms with E-state index in [1.165, 1.54) is 0 Å². The van der Waals surface area contributed by atoms with Crippen molar-refractivity contribution in [3.8, 4) is 0 Å². The first kappa shape index (κ1) is 70.9. The summed E-state index contributed by atoms with van der Waals surface area (Å²) >= 11 is 10.6. The molecule has 3 N–H and O–H groups in total. The first-order valence-corrected chi connectivity index (χ1v) is 26.1. The SMILES string of the molecule is CC(C)(C)O.CC(C)(C)OCOP(=O)(O)O.CC(C)(C)OCOP(=O)(OC(C)(C)C)OC(C)(C)C.CC(C)(C)OP(=O)(OCCl)OC(C)(C)C.CCOP(=O)(OCC)OCCl. The molecule has 0 rings (SSSR count). The van der Waals surface area contributed by atoms with Gasteiger partial charge >= 0.3 is 31.3 Å². The highest BCUT2D eigenvalue weighted by molar-refractivity contribution is 7.49. The number of phosphoric ester groups is 4. The zero-order valence-electron chi connectivity index (χ0n) is 41.2. The van der Waals surface area contributed by atoms with Crippen LogP contribution in [0.1, 0.15) is 159 Å². The summed E-state index contributed by atoms with van der Waals surface area (Å²) in [6, 6.07) is -0.430. The van der Waals surface area contributed by atoms with Crippen molar-refractivity contribution in [2.75, 3.05) is 38.9 Å². The van der Waals surface area contributed by atoms with Crippen molar-refractivity contribution < 1.29 is 87.9 Å². The van der Waals surface area contributed by atoms with Crippen molar-refractivity contribution in [3.63, 3.8) is 0 Å². The van der Waals surface area contributed by atoms with Gasteiger partial charge < -0.3 is 24.4 Å². The molecule has 0 amide bonds. The first-order chi connectivity index (χ1) is 26.5. The van der Waals surface area contributed by atoms with Crippen molar-refractivity contribution in [1.29, 1.82) is 0 Å². The van der Waals surface area contributed by atoms with E-state index in [4.69, 9.17) is 83.8 Å². The second-order valence-electron chi connectivity index (χ2n) is 19.1. The van der Waals surface area contributed by atoms with Gasteiger partial charge in [0.2, 0.25) is 0 Å².